The highest BCUT2D eigenvalue weighted by molar-refractivity contribution is 5.58. The number of nitrogens with zero attached hydrogens (tertiary/aromatic N) is 3. The molecule has 0 saturated carbocycles. The monoisotopic (exact) mass is 268 g/mol. The summed E-state index contributed by atoms with van der Waals surface area (Å²) < 4.78 is 0. The minimum absolute atomic E-state index is 0.711. The molecule has 0 aromatic carbocycles. The van der Waals surface area contributed by atoms with E-state index in [1.165, 1.54) is 12.8 Å². The molecule has 1 aliphatic rings. The summed E-state index contributed by atoms with van der Waals surface area (Å²) in [5.74, 6) is 1.69. The fraction of sp³-hybridized carbons (Fsp3) is 0.438. The summed E-state index contributed by atoms with van der Waals surface area (Å²) in [6, 6.07) is 6.04. The first-order valence-corrected chi connectivity index (χ1v) is 7.27. The predicted octanol–water partition coefficient (Wildman–Crippen LogP) is 2.39. The van der Waals surface area contributed by atoms with Gasteiger partial charge >= 0.3 is 0 Å². The summed E-state index contributed by atoms with van der Waals surface area (Å²) in [5.41, 5.74) is 3.15. The van der Waals surface area contributed by atoms with Crippen molar-refractivity contribution in [2.45, 2.75) is 26.2 Å². The molecule has 104 valence electrons. The molecule has 0 radical (unpaired) electrons. The molecule has 0 amide bonds. The Balaban J connectivity index is 1.83. The molecule has 1 saturated heterocycles. The maximum absolute atomic E-state index is 4.74. The average molecular weight is 268 g/mol. The quantitative estimate of drug-likeness (QED) is 0.928. The number of piperidine rings is 1. The molecule has 0 unspecified atom stereocenters. The third-order valence-electron chi connectivity index (χ3n) is 3.81. The molecule has 1 N–H and O–H groups in total. The third-order valence-corrected chi connectivity index (χ3v) is 3.81. The van der Waals surface area contributed by atoms with Crippen LogP contribution in [0.3, 0.4) is 0 Å². The number of rotatable bonds is 3. The first-order valence-electron chi connectivity index (χ1n) is 7.27. The van der Waals surface area contributed by atoms with Gasteiger partial charge in [-0.05, 0) is 57.0 Å². The summed E-state index contributed by atoms with van der Waals surface area (Å²) in [5, 5.41) is 3.40. The molecule has 2 aromatic rings. The SMILES string of the molecule is Cc1cc(-c2ccncc2)nc(CC2CCNCC2)n1. The van der Waals surface area contributed by atoms with Gasteiger partial charge in [-0.15, -0.1) is 0 Å². The van der Waals surface area contributed by atoms with Crippen molar-refractivity contribution >= 4 is 0 Å². The van der Waals surface area contributed by atoms with Gasteiger partial charge in [0.15, 0.2) is 0 Å². The Kier molecular flexibility index (Phi) is 4.02. The second-order valence-corrected chi connectivity index (χ2v) is 5.44. The van der Waals surface area contributed by atoms with E-state index < -0.39 is 0 Å². The Morgan fingerprint density at radius 2 is 1.90 bits per heavy atom. The van der Waals surface area contributed by atoms with Crippen LogP contribution in [-0.2, 0) is 6.42 Å². The van der Waals surface area contributed by atoms with E-state index in [2.05, 4.69) is 15.3 Å². The van der Waals surface area contributed by atoms with Crippen molar-refractivity contribution in [2.24, 2.45) is 5.92 Å². The molecule has 4 nitrogen and oxygen atoms in total. The second kappa shape index (κ2) is 6.09. The lowest BCUT2D eigenvalue weighted by atomic mass is 9.94. The van der Waals surface area contributed by atoms with Gasteiger partial charge in [0, 0.05) is 30.1 Å². The summed E-state index contributed by atoms with van der Waals surface area (Å²) >= 11 is 0. The highest BCUT2D eigenvalue weighted by Crippen LogP contribution is 2.20. The van der Waals surface area contributed by atoms with Gasteiger partial charge in [-0.1, -0.05) is 0 Å². The third kappa shape index (κ3) is 3.20. The predicted molar refractivity (Wildman–Crippen MR) is 79.3 cm³/mol. The van der Waals surface area contributed by atoms with Crippen LogP contribution in [-0.4, -0.2) is 28.0 Å². The standard InChI is InChI=1S/C16H20N4/c1-12-10-15(14-4-8-18-9-5-14)20-16(19-12)11-13-2-6-17-7-3-13/h4-5,8-10,13,17H,2-3,6-7,11H2,1H3. The van der Waals surface area contributed by atoms with E-state index in [0.717, 1.165) is 42.3 Å². The lowest BCUT2D eigenvalue weighted by Gasteiger charge is -2.22. The highest BCUT2D eigenvalue weighted by atomic mass is 14.9. The molecule has 1 aliphatic heterocycles. The molecule has 1 fully saturated rings. The van der Waals surface area contributed by atoms with Crippen LogP contribution in [0.25, 0.3) is 11.3 Å². The van der Waals surface area contributed by atoms with Crippen molar-refractivity contribution in [3.05, 3.63) is 42.1 Å². The number of aromatic nitrogens is 3. The molecular formula is C16H20N4. The van der Waals surface area contributed by atoms with Crippen LogP contribution in [0, 0.1) is 12.8 Å². The van der Waals surface area contributed by atoms with Gasteiger partial charge in [0.2, 0.25) is 0 Å². The minimum Gasteiger partial charge on any atom is -0.317 e. The van der Waals surface area contributed by atoms with Gasteiger partial charge in [-0.25, -0.2) is 9.97 Å². The van der Waals surface area contributed by atoms with Gasteiger partial charge < -0.3 is 5.32 Å². The Hall–Kier alpha value is -1.81. The summed E-state index contributed by atoms with van der Waals surface area (Å²) in [6.07, 6.45) is 7.05. The maximum Gasteiger partial charge on any atom is 0.129 e. The van der Waals surface area contributed by atoms with E-state index in [4.69, 9.17) is 4.98 Å². The van der Waals surface area contributed by atoms with E-state index >= 15 is 0 Å². The molecule has 2 aromatic heterocycles. The number of hydrogen-bond donors (Lipinski definition) is 1. The fourth-order valence-electron chi connectivity index (χ4n) is 2.74. The molecule has 20 heavy (non-hydrogen) atoms. The number of aryl methyl sites for hydroxylation is 1. The zero-order valence-electron chi connectivity index (χ0n) is 11.8. The largest absolute Gasteiger partial charge is 0.317 e. The van der Waals surface area contributed by atoms with E-state index in [9.17, 15) is 0 Å². The van der Waals surface area contributed by atoms with Crippen LogP contribution in [0.1, 0.15) is 24.4 Å². The normalized spacial score (nSPS) is 16.2. The Bertz CT molecular complexity index is 562. The smallest absolute Gasteiger partial charge is 0.129 e. The molecule has 3 heterocycles. The van der Waals surface area contributed by atoms with Gasteiger partial charge in [-0.3, -0.25) is 4.98 Å². The van der Waals surface area contributed by atoms with Crippen molar-refractivity contribution in [3.63, 3.8) is 0 Å². The first-order chi connectivity index (χ1) is 9.81. The number of nitrogens with one attached hydrogen (secondary N) is 1. The second-order valence-electron chi connectivity index (χ2n) is 5.44. The molecule has 4 heteroatoms. The molecule has 3 rings (SSSR count). The van der Waals surface area contributed by atoms with E-state index in [1.54, 1.807) is 12.4 Å². The summed E-state index contributed by atoms with van der Waals surface area (Å²) in [4.78, 5) is 13.4. The van der Waals surface area contributed by atoms with Crippen molar-refractivity contribution in [1.29, 1.82) is 0 Å². The first kappa shape index (κ1) is 13.2. The Morgan fingerprint density at radius 3 is 2.65 bits per heavy atom. The number of hydrogen-bond acceptors (Lipinski definition) is 4. The van der Waals surface area contributed by atoms with E-state index in [1.807, 2.05) is 25.1 Å². The maximum atomic E-state index is 4.74. The summed E-state index contributed by atoms with van der Waals surface area (Å²) in [7, 11) is 0. The van der Waals surface area contributed by atoms with Gasteiger partial charge in [0.1, 0.15) is 5.82 Å². The topological polar surface area (TPSA) is 50.7 Å². The molecule has 0 spiro atoms. The van der Waals surface area contributed by atoms with Gasteiger partial charge in [0.05, 0.1) is 5.69 Å². The lowest BCUT2D eigenvalue weighted by Crippen LogP contribution is -2.29. The van der Waals surface area contributed by atoms with Crippen molar-refractivity contribution in [3.8, 4) is 11.3 Å². The zero-order valence-corrected chi connectivity index (χ0v) is 11.8. The van der Waals surface area contributed by atoms with Crippen LogP contribution in [0.2, 0.25) is 0 Å². The fourth-order valence-corrected chi connectivity index (χ4v) is 2.74. The van der Waals surface area contributed by atoms with Crippen LogP contribution >= 0.6 is 0 Å². The lowest BCUT2D eigenvalue weighted by molar-refractivity contribution is 0.367. The van der Waals surface area contributed by atoms with Crippen LogP contribution in [0.5, 0.6) is 0 Å². The van der Waals surface area contributed by atoms with Crippen molar-refractivity contribution in [2.75, 3.05) is 13.1 Å². The van der Waals surface area contributed by atoms with E-state index in [0.29, 0.717) is 5.92 Å². The Morgan fingerprint density at radius 1 is 1.15 bits per heavy atom. The van der Waals surface area contributed by atoms with E-state index in [-0.39, 0.29) is 0 Å². The van der Waals surface area contributed by atoms with Crippen molar-refractivity contribution < 1.29 is 0 Å². The zero-order chi connectivity index (χ0) is 13.8. The van der Waals surface area contributed by atoms with Crippen LogP contribution in [0.4, 0.5) is 0 Å². The van der Waals surface area contributed by atoms with Gasteiger partial charge in [-0.2, -0.15) is 0 Å². The Labute approximate surface area is 119 Å². The molecular weight excluding hydrogens is 248 g/mol. The summed E-state index contributed by atoms with van der Waals surface area (Å²) in [6.45, 7) is 4.28. The highest BCUT2D eigenvalue weighted by Gasteiger charge is 2.15. The average Bonchev–Trinajstić information content (AvgIpc) is 2.49. The molecule has 0 bridgehead atoms. The molecule has 0 atom stereocenters. The van der Waals surface area contributed by atoms with Crippen molar-refractivity contribution in [1.82, 2.24) is 20.3 Å². The minimum atomic E-state index is 0.711. The molecule has 0 aliphatic carbocycles. The van der Waals surface area contributed by atoms with Crippen LogP contribution in [0.15, 0.2) is 30.6 Å². The number of pyridine rings is 1. The van der Waals surface area contributed by atoms with Crippen LogP contribution < -0.4 is 5.32 Å². The van der Waals surface area contributed by atoms with Gasteiger partial charge in [0.25, 0.3) is 0 Å².